The van der Waals surface area contributed by atoms with E-state index in [4.69, 9.17) is 4.74 Å². The summed E-state index contributed by atoms with van der Waals surface area (Å²) in [4.78, 5) is 11.0. The van der Waals surface area contributed by atoms with Crippen molar-refractivity contribution < 1.29 is 17.9 Å². The van der Waals surface area contributed by atoms with Crippen molar-refractivity contribution in [2.75, 3.05) is 18.6 Å². The molecule has 0 aromatic heterocycles. The van der Waals surface area contributed by atoms with Crippen LogP contribution in [-0.4, -0.2) is 33.0 Å². The second-order valence-electron chi connectivity index (χ2n) is 3.11. The van der Waals surface area contributed by atoms with Gasteiger partial charge in [0.2, 0.25) is 0 Å². The van der Waals surface area contributed by atoms with E-state index in [-0.39, 0.29) is 24.2 Å². The quantitative estimate of drug-likeness (QED) is 0.621. The number of sulfone groups is 1. The highest BCUT2D eigenvalue weighted by molar-refractivity contribution is 7.90. The molecule has 0 aliphatic heterocycles. The Hall–Kier alpha value is -0.580. The maximum absolute atomic E-state index is 11.0. The van der Waals surface area contributed by atoms with E-state index < -0.39 is 9.84 Å². The Labute approximate surface area is 79.2 Å². The van der Waals surface area contributed by atoms with E-state index in [9.17, 15) is 13.2 Å². The summed E-state index contributed by atoms with van der Waals surface area (Å²) in [6.07, 6.45) is 1.82. The van der Waals surface area contributed by atoms with E-state index in [1.165, 1.54) is 0 Å². The summed E-state index contributed by atoms with van der Waals surface area (Å²) >= 11 is 0. The van der Waals surface area contributed by atoms with E-state index in [1.54, 1.807) is 6.92 Å². The molecule has 78 valence electrons. The fraction of sp³-hybridized carbons (Fsp3) is 0.875. The third-order valence-corrected chi connectivity index (χ3v) is 2.62. The summed E-state index contributed by atoms with van der Waals surface area (Å²) in [5, 5.41) is 0. The van der Waals surface area contributed by atoms with Gasteiger partial charge in [-0.05, 0) is 6.42 Å². The van der Waals surface area contributed by atoms with Gasteiger partial charge in [-0.15, -0.1) is 0 Å². The van der Waals surface area contributed by atoms with Gasteiger partial charge in [-0.3, -0.25) is 4.79 Å². The van der Waals surface area contributed by atoms with Crippen LogP contribution in [0.25, 0.3) is 0 Å². The van der Waals surface area contributed by atoms with Crippen LogP contribution >= 0.6 is 0 Å². The lowest BCUT2D eigenvalue weighted by Gasteiger charge is -2.07. The van der Waals surface area contributed by atoms with Gasteiger partial charge in [-0.1, -0.05) is 13.8 Å². The highest BCUT2D eigenvalue weighted by Crippen LogP contribution is 2.02. The summed E-state index contributed by atoms with van der Waals surface area (Å²) in [5.41, 5.74) is 0. The number of rotatable bonds is 5. The van der Waals surface area contributed by atoms with Crippen LogP contribution in [0.15, 0.2) is 0 Å². The molecule has 0 aliphatic carbocycles. The van der Waals surface area contributed by atoms with Gasteiger partial charge in [-0.25, -0.2) is 8.42 Å². The molecule has 1 unspecified atom stereocenters. The Balaban J connectivity index is 3.72. The molecule has 0 bridgehead atoms. The van der Waals surface area contributed by atoms with E-state index in [1.807, 2.05) is 6.92 Å². The molecule has 0 fully saturated rings. The molecule has 13 heavy (non-hydrogen) atoms. The minimum Gasteiger partial charge on any atom is -0.464 e. The average molecular weight is 208 g/mol. The van der Waals surface area contributed by atoms with Gasteiger partial charge in [0.15, 0.2) is 9.84 Å². The van der Waals surface area contributed by atoms with Crippen LogP contribution in [0, 0.1) is 5.92 Å². The minimum atomic E-state index is -3.03. The molecule has 0 aromatic carbocycles. The molecule has 0 aromatic rings. The molecule has 0 N–H and O–H groups in total. The predicted molar refractivity (Wildman–Crippen MR) is 50.1 cm³/mol. The number of carbonyl (C=O) groups is 1. The predicted octanol–water partition coefficient (Wildman–Crippen LogP) is 0.620. The first-order valence-electron chi connectivity index (χ1n) is 4.21. The molecule has 0 amide bonds. The fourth-order valence-corrected chi connectivity index (χ4v) is 0.989. The molecule has 0 heterocycles. The van der Waals surface area contributed by atoms with Crippen molar-refractivity contribution >= 4 is 15.8 Å². The molecule has 0 spiro atoms. The van der Waals surface area contributed by atoms with E-state index in [2.05, 4.69) is 0 Å². The topological polar surface area (TPSA) is 60.4 Å². The summed E-state index contributed by atoms with van der Waals surface area (Å²) < 4.78 is 26.1. The Morgan fingerprint density at radius 1 is 1.46 bits per heavy atom. The van der Waals surface area contributed by atoms with E-state index in [0.29, 0.717) is 6.42 Å². The molecule has 0 aliphatic rings. The number of hydrogen-bond acceptors (Lipinski definition) is 4. The van der Waals surface area contributed by atoms with Gasteiger partial charge < -0.3 is 4.74 Å². The Morgan fingerprint density at radius 3 is 2.38 bits per heavy atom. The summed E-state index contributed by atoms with van der Waals surface area (Å²) in [6.45, 7) is 3.59. The number of esters is 1. The van der Waals surface area contributed by atoms with Crippen LogP contribution in [-0.2, 0) is 19.4 Å². The lowest BCUT2D eigenvalue weighted by molar-refractivity contribution is -0.147. The van der Waals surface area contributed by atoms with Gasteiger partial charge in [-0.2, -0.15) is 0 Å². The zero-order valence-corrected chi connectivity index (χ0v) is 9.06. The fourth-order valence-electron chi connectivity index (χ4n) is 0.603. The molecule has 4 nitrogen and oxygen atoms in total. The van der Waals surface area contributed by atoms with Crippen molar-refractivity contribution in [2.24, 2.45) is 5.92 Å². The smallest absolute Gasteiger partial charge is 0.308 e. The van der Waals surface area contributed by atoms with Crippen molar-refractivity contribution in [1.82, 2.24) is 0 Å². The first kappa shape index (κ1) is 12.4. The molecular weight excluding hydrogens is 192 g/mol. The van der Waals surface area contributed by atoms with Crippen molar-refractivity contribution in [3.63, 3.8) is 0 Å². The highest BCUT2D eigenvalue weighted by Gasteiger charge is 2.12. The molecule has 1 atom stereocenters. The first-order valence-corrected chi connectivity index (χ1v) is 6.27. The number of ether oxygens (including phenoxy) is 1. The second-order valence-corrected chi connectivity index (χ2v) is 5.37. The zero-order valence-electron chi connectivity index (χ0n) is 8.24. The van der Waals surface area contributed by atoms with Crippen LogP contribution in [0.2, 0.25) is 0 Å². The van der Waals surface area contributed by atoms with Crippen molar-refractivity contribution in [3.05, 3.63) is 0 Å². The van der Waals surface area contributed by atoms with Crippen molar-refractivity contribution in [1.29, 1.82) is 0 Å². The molecule has 0 rings (SSSR count). The van der Waals surface area contributed by atoms with Crippen molar-refractivity contribution in [3.8, 4) is 0 Å². The van der Waals surface area contributed by atoms with Gasteiger partial charge in [0.05, 0.1) is 11.7 Å². The van der Waals surface area contributed by atoms with Gasteiger partial charge >= 0.3 is 5.97 Å². The first-order chi connectivity index (χ1) is 5.87. The SMILES string of the molecule is CCC(C)C(=O)OCCS(C)(=O)=O. The Morgan fingerprint density at radius 2 is 2.00 bits per heavy atom. The van der Waals surface area contributed by atoms with Gasteiger partial charge in [0, 0.05) is 6.26 Å². The largest absolute Gasteiger partial charge is 0.464 e. The molecule has 0 saturated heterocycles. The maximum atomic E-state index is 11.0. The number of hydrogen-bond donors (Lipinski definition) is 0. The van der Waals surface area contributed by atoms with Crippen LogP contribution in [0.1, 0.15) is 20.3 Å². The third kappa shape index (κ3) is 6.57. The van der Waals surface area contributed by atoms with Gasteiger partial charge in [0.1, 0.15) is 6.61 Å². The monoisotopic (exact) mass is 208 g/mol. The third-order valence-electron chi connectivity index (χ3n) is 1.71. The van der Waals surface area contributed by atoms with Gasteiger partial charge in [0.25, 0.3) is 0 Å². The van der Waals surface area contributed by atoms with Crippen LogP contribution in [0.4, 0.5) is 0 Å². The van der Waals surface area contributed by atoms with E-state index >= 15 is 0 Å². The second kappa shape index (κ2) is 5.21. The van der Waals surface area contributed by atoms with Crippen LogP contribution in [0.5, 0.6) is 0 Å². The Kier molecular flexibility index (Phi) is 4.98. The number of carbonyl (C=O) groups excluding carboxylic acids is 1. The zero-order chi connectivity index (χ0) is 10.5. The minimum absolute atomic E-state index is 0.0397. The van der Waals surface area contributed by atoms with Crippen LogP contribution < -0.4 is 0 Å². The summed E-state index contributed by atoms with van der Waals surface area (Å²) in [6, 6.07) is 0. The van der Waals surface area contributed by atoms with Crippen molar-refractivity contribution in [2.45, 2.75) is 20.3 Å². The maximum Gasteiger partial charge on any atom is 0.308 e. The average Bonchev–Trinajstić information content (AvgIpc) is 2.00. The Bertz CT molecular complexity index is 255. The normalized spacial score (nSPS) is 13.8. The standard InChI is InChI=1S/C8H16O4S/c1-4-7(2)8(9)12-5-6-13(3,10)11/h7H,4-6H2,1-3H3. The summed E-state index contributed by atoms with van der Waals surface area (Å²) in [5.74, 6) is -0.583. The molecule has 5 heteroatoms. The molecular formula is C8H16O4S. The summed E-state index contributed by atoms with van der Waals surface area (Å²) in [7, 11) is -3.03. The van der Waals surface area contributed by atoms with E-state index in [0.717, 1.165) is 6.26 Å². The highest BCUT2D eigenvalue weighted by atomic mass is 32.2. The van der Waals surface area contributed by atoms with Crippen LogP contribution in [0.3, 0.4) is 0 Å². The molecule has 0 radical (unpaired) electrons. The lowest BCUT2D eigenvalue weighted by atomic mass is 10.1. The lowest BCUT2D eigenvalue weighted by Crippen LogP contribution is -2.18. The molecule has 0 saturated carbocycles.